The zero-order chi connectivity index (χ0) is 15.8. The number of thioether (sulfide) groups is 1. The largest absolute Gasteiger partial charge is 0.469 e. The van der Waals surface area contributed by atoms with Crippen molar-refractivity contribution in [3.8, 4) is 0 Å². The predicted molar refractivity (Wildman–Crippen MR) is 80.3 cm³/mol. The Balaban J connectivity index is 2.39. The number of methoxy groups -OCH3 is 1. The van der Waals surface area contributed by atoms with Crippen LogP contribution in [0.15, 0.2) is 24.3 Å². The summed E-state index contributed by atoms with van der Waals surface area (Å²) in [5.41, 5.74) is 0.459. The molecule has 1 aromatic rings. The third-order valence-electron chi connectivity index (χ3n) is 2.54. The molecule has 0 saturated carbocycles. The number of ether oxygens (including phenoxy) is 1. The third-order valence-corrected chi connectivity index (χ3v) is 3.71. The number of hydrogen-bond donors (Lipinski definition) is 1. The Bertz CT molecular complexity index is 518. The number of carbonyl (C=O) groups excluding carboxylic acids is 2. The molecule has 0 fully saturated rings. The number of nitrogens with one attached hydrogen (secondary N) is 1. The van der Waals surface area contributed by atoms with Gasteiger partial charge in [-0.2, -0.15) is 0 Å². The monoisotopic (exact) mass is 312 g/mol. The summed E-state index contributed by atoms with van der Waals surface area (Å²) < 4.78 is 4.55. The molecule has 1 rings (SSSR count). The fraction of sp³-hybridized carbons (Fsp3) is 0.385. The van der Waals surface area contributed by atoms with E-state index in [1.165, 1.54) is 43.1 Å². The van der Waals surface area contributed by atoms with Gasteiger partial charge in [0.25, 0.3) is 5.69 Å². The molecule has 0 radical (unpaired) electrons. The van der Waals surface area contributed by atoms with Gasteiger partial charge in [0.15, 0.2) is 0 Å². The van der Waals surface area contributed by atoms with Crippen LogP contribution >= 0.6 is 11.8 Å². The molecule has 0 saturated heterocycles. The van der Waals surface area contributed by atoms with Gasteiger partial charge in [0.05, 0.1) is 24.2 Å². The Hall–Kier alpha value is -2.09. The van der Waals surface area contributed by atoms with Crippen LogP contribution < -0.4 is 5.32 Å². The fourth-order valence-electron chi connectivity index (χ4n) is 1.46. The Morgan fingerprint density at radius 1 is 1.38 bits per heavy atom. The third kappa shape index (κ3) is 6.26. The molecule has 1 amide bonds. The fourth-order valence-corrected chi connectivity index (χ4v) is 2.22. The minimum Gasteiger partial charge on any atom is -0.469 e. The minimum absolute atomic E-state index is 0.0277. The van der Waals surface area contributed by atoms with Crippen molar-refractivity contribution in [1.29, 1.82) is 0 Å². The summed E-state index contributed by atoms with van der Waals surface area (Å²) in [5, 5.41) is 13.1. The molecule has 7 nitrogen and oxygen atoms in total. The van der Waals surface area contributed by atoms with Crippen LogP contribution in [0.4, 0.5) is 11.4 Å². The summed E-state index contributed by atoms with van der Waals surface area (Å²) in [7, 11) is 1.32. The van der Waals surface area contributed by atoms with Crippen molar-refractivity contribution in [3.63, 3.8) is 0 Å². The highest BCUT2D eigenvalue weighted by atomic mass is 32.2. The van der Waals surface area contributed by atoms with Gasteiger partial charge in [-0.1, -0.05) is 6.92 Å². The number of esters is 1. The molecule has 8 heteroatoms. The topological polar surface area (TPSA) is 98.5 Å². The van der Waals surface area contributed by atoms with Crippen molar-refractivity contribution in [3.05, 3.63) is 34.4 Å². The van der Waals surface area contributed by atoms with E-state index in [-0.39, 0.29) is 35.0 Å². The quantitative estimate of drug-likeness (QED) is 0.471. The summed E-state index contributed by atoms with van der Waals surface area (Å²) in [4.78, 5) is 32.8. The number of amides is 1. The first-order valence-electron chi connectivity index (χ1n) is 6.15. The Labute approximate surface area is 126 Å². The van der Waals surface area contributed by atoms with E-state index in [1.54, 1.807) is 0 Å². The summed E-state index contributed by atoms with van der Waals surface area (Å²) >= 11 is 1.33. The molecular formula is C13H16N2O5S. The van der Waals surface area contributed by atoms with E-state index in [0.29, 0.717) is 5.69 Å². The number of hydrogen-bond acceptors (Lipinski definition) is 6. The van der Waals surface area contributed by atoms with Gasteiger partial charge in [-0.15, -0.1) is 11.8 Å². The van der Waals surface area contributed by atoms with E-state index in [4.69, 9.17) is 0 Å². The maximum absolute atomic E-state index is 11.7. The second-order valence-electron chi connectivity index (χ2n) is 4.25. The van der Waals surface area contributed by atoms with Crippen LogP contribution in [-0.2, 0) is 14.3 Å². The van der Waals surface area contributed by atoms with Gasteiger partial charge in [-0.05, 0) is 12.1 Å². The van der Waals surface area contributed by atoms with E-state index in [9.17, 15) is 19.7 Å². The normalized spacial score (nSPS) is 11.5. The Morgan fingerprint density at radius 2 is 2.00 bits per heavy atom. The van der Waals surface area contributed by atoms with Gasteiger partial charge >= 0.3 is 5.97 Å². The molecule has 0 bridgehead atoms. The second kappa shape index (κ2) is 8.25. The van der Waals surface area contributed by atoms with E-state index in [0.717, 1.165) is 0 Å². The van der Waals surface area contributed by atoms with Crippen LogP contribution in [0.1, 0.15) is 13.3 Å². The van der Waals surface area contributed by atoms with Crippen LogP contribution in [0.2, 0.25) is 0 Å². The lowest BCUT2D eigenvalue weighted by atomic mass is 10.3. The summed E-state index contributed by atoms with van der Waals surface area (Å²) in [6, 6.07) is 5.59. The molecule has 114 valence electrons. The van der Waals surface area contributed by atoms with E-state index >= 15 is 0 Å². The van der Waals surface area contributed by atoms with Crippen LogP contribution in [-0.4, -0.2) is 34.9 Å². The van der Waals surface area contributed by atoms with Crippen molar-refractivity contribution < 1.29 is 19.2 Å². The molecule has 1 N–H and O–H groups in total. The summed E-state index contributed by atoms with van der Waals surface area (Å²) in [6.07, 6.45) is 0.242. The molecule has 1 unspecified atom stereocenters. The van der Waals surface area contributed by atoms with Crippen LogP contribution in [0.5, 0.6) is 0 Å². The first kappa shape index (κ1) is 17.0. The molecule has 21 heavy (non-hydrogen) atoms. The minimum atomic E-state index is -0.504. The molecule has 0 spiro atoms. The zero-order valence-corrected chi connectivity index (χ0v) is 12.5. The number of nitro groups is 1. The average Bonchev–Trinajstić information content (AvgIpc) is 2.45. The number of non-ortho nitro benzene ring substituents is 1. The highest BCUT2D eigenvalue weighted by Crippen LogP contribution is 2.17. The van der Waals surface area contributed by atoms with Gasteiger partial charge < -0.3 is 10.1 Å². The number of carbonyl (C=O) groups is 2. The van der Waals surface area contributed by atoms with Crippen LogP contribution in [0.25, 0.3) is 0 Å². The Kier molecular flexibility index (Phi) is 6.67. The average molecular weight is 312 g/mol. The standard InChI is InChI=1S/C13H16N2O5S/c1-9(7-13(17)20-2)21-8-12(16)14-10-3-5-11(6-4-10)15(18)19/h3-6,9H,7-8H2,1-2H3,(H,14,16). The van der Waals surface area contributed by atoms with Crippen molar-refractivity contribution >= 4 is 35.0 Å². The maximum atomic E-state index is 11.7. The van der Waals surface area contributed by atoms with Gasteiger partial charge in [-0.3, -0.25) is 19.7 Å². The smallest absolute Gasteiger partial charge is 0.306 e. The number of benzene rings is 1. The number of nitro benzene ring substituents is 1. The van der Waals surface area contributed by atoms with E-state index in [2.05, 4.69) is 10.1 Å². The molecule has 1 atom stereocenters. The molecule has 0 heterocycles. The first-order chi connectivity index (χ1) is 9.92. The van der Waals surface area contributed by atoms with E-state index in [1.807, 2.05) is 6.92 Å². The van der Waals surface area contributed by atoms with Gasteiger partial charge in [0.1, 0.15) is 0 Å². The van der Waals surface area contributed by atoms with Gasteiger partial charge in [-0.25, -0.2) is 0 Å². The van der Waals surface area contributed by atoms with Crippen molar-refractivity contribution in [2.45, 2.75) is 18.6 Å². The predicted octanol–water partition coefficient (Wildman–Crippen LogP) is 2.22. The van der Waals surface area contributed by atoms with E-state index < -0.39 is 4.92 Å². The molecule has 1 aromatic carbocycles. The number of nitrogens with zero attached hydrogens (tertiary/aromatic N) is 1. The second-order valence-corrected chi connectivity index (χ2v) is 5.68. The number of anilines is 1. The van der Waals surface area contributed by atoms with Crippen molar-refractivity contribution in [2.75, 3.05) is 18.2 Å². The van der Waals surface area contributed by atoms with Gasteiger partial charge in [0.2, 0.25) is 5.91 Å². The van der Waals surface area contributed by atoms with Crippen molar-refractivity contribution in [1.82, 2.24) is 0 Å². The van der Waals surface area contributed by atoms with Crippen LogP contribution in [0.3, 0.4) is 0 Å². The van der Waals surface area contributed by atoms with Crippen LogP contribution in [0, 0.1) is 10.1 Å². The molecular weight excluding hydrogens is 296 g/mol. The lowest BCUT2D eigenvalue weighted by Gasteiger charge is -2.10. The maximum Gasteiger partial charge on any atom is 0.306 e. The van der Waals surface area contributed by atoms with Gasteiger partial charge in [0, 0.05) is 23.1 Å². The molecule has 0 aromatic heterocycles. The lowest BCUT2D eigenvalue weighted by Crippen LogP contribution is -2.17. The lowest BCUT2D eigenvalue weighted by molar-refractivity contribution is -0.384. The summed E-state index contributed by atoms with van der Waals surface area (Å²) in [5.74, 6) is -0.355. The SMILES string of the molecule is COC(=O)CC(C)SCC(=O)Nc1ccc([N+](=O)[O-])cc1. The molecule has 0 aliphatic heterocycles. The van der Waals surface area contributed by atoms with Crippen molar-refractivity contribution in [2.24, 2.45) is 0 Å². The summed E-state index contributed by atoms with van der Waals surface area (Å²) in [6.45, 7) is 1.83. The molecule has 0 aliphatic rings. The number of rotatable bonds is 7. The first-order valence-corrected chi connectivity index (χ1v) is 7.20. The highest BCUT2D eigenvalue weighted by Gasteiger charge is 2.12. The molecule has 0 aliphatic carbocycles. The highest BCUT2D eigenvalue weighted by molar-refractivity contribution is 8.00. The zero-order valence-electron chi connectivity index (χ0n) is 11.7. The Morgan fingerprint density at radius 3 is 2.52 bits per heavy atom.